The van der Waals surface area contributed by atoms with Crippen molar-refractivity contribution in [3.05, 3.63) is 76.3 Å². The summed E-state index contributed by atoms with van der Waals surface area (Å²) in [5.74, 6) is 0.00292. The van der Waals surface area contributed by atoms with Crippen LogP contribution < -0.4 is 15.8 Å². The molecule has 2 heterocycles. The van der Waals surface area contributed by atoms with Crippen LogP contribution >= 0.6 is 11.9 Å². The van der Waals surface area contributed by atoms with Gasteiger partial charge in [-0.2, -0.15) is 5.10 Å². The Morgan fingerprint density at radius 2 is 2.17 bits per heavy atom. The minimum atomic E-state index is -1.17. The molecule has 0 saturated carbocycles. The van der Waals surface area contributed by atoms with E-state index in [-0.39, 0.29) is 11.6 Å². The van der Waals surface area contributed by atoms with Gasteiger partial charge >= 0.3 is 0 Å². The lowest BCUT2D eigenvalue weighted by atomic mass is 10.0. The molecule has 1 aromatic heterocycles. The fourth-order valence-corrected chi connectivity index (χ4v) is 4.27. The fourth-order valence-electron chi connectivity index (χ4n) is 3.80. The lowest BCUT2D eigenvalue weighted by Crippen LogP contribution is -2.31. The highest BCUT2D eigenvalue weighted by Crippen LogP contribution is 2.29. The number of halogens is 1. The van der Waals surface area contributed by atoms with Crippen molar-refractivity contribution in [3.63, 3.8) is 0 Å². The van der Waals surface area contributed by atoms with Crippen LogP contribution in [0.5, 0.6) is 0 Å². The number of aromatic nitrogens is 2. The third-order valence-electron chi connectivity index (χ3n) is 5.25. The summed E-state index contributed by atoms with van der Waals surface area (Å²) in [6, 6.07) is 5.50. The summed E-state index contributed by atoms with van der Waals surface area (Å²) < 4.78 is 19.2. The molecule has 0 amide bonds. The third kappa shape index (κ3) is 3.80. The molecule has 2 atom stereocenters. The van der Waals surface area contributed by atoms with Crippen molar-refractivity contribution in [1.29, 1.82) is 0 Å². The standard InChI is InChI=1S/C22H24FN5OS/c1-12-4-5-20(13(2)6-12)28-22(24)16(11-25-28)21(29)19-9-14-7-15(26-19)10-18(27-30-3)17(23)8-14/h4-6,8-11,17-18,26-27H,7,24H2,1-3H3. The molecular weight excluding hydrogens is 401 g/mol. The van der Waals surface area contributed by atoms with Gasteiger partial charge in [-0.15, -0.1) is 0 Å². The second kappa shape index (κ2) is 8.12. The highest BCUT2D eigenvalue weighted by atomic mass is 32.2. The third-order valence-corrected chi connectivity index (χ3v) is 5.75. The number of nitrogens with two attached hydrogens (primary N) is 1. The second-order valence-corrected chi connectivity index (χ2v) is 8.20. The van der Waals surface area contributed by atoms with Gasteiger partial charge in [0.2, 0.25) is 5.78 Å². The van der Waals surface area contributed by atoms with Crippen LogP contribution in [-0.4, -0.2) is 34.0 Å². The molecular formula is C22H24FN5OS. The fraction of sp³-hybridized carbons (Fsp3) is 0.273. The van der Waals surface area contributed by atoms with E-state index >= 15 is 0 Å². The van der Waals surface area contributed by atoms with Gasteiger partial charge in [-0.25, -0.2) is 9.07 Å². The summed E-state index contributed by atoms with van der Waals surface area (Å²) in [4.78, 5) is 13.2. The van der Waals surface area contributed by atoms with Crippen LogP contribution in [0.25, 0.3) is 5.69 Å². The summed E-state index contributed by atoms with van der Waals surface area (Å²) in [7, 11) is 0. The van der Waals surface area contributed by atoms with Crippen molar-refractivity contribution in [2.45, 2.75) is 32.5 Å². The zero-order chi connectivity index (χ0) is 21.4. The van der Waals surface area contributed by atoms with Gasteiger partial charge in [0.15, 0.2) is 0 Å². The van der Waals surface area contributed by atoms with Crippen LogP contribution in [0.15, 0.2) is 59.6 Å². The molecule has 0 spiro atoms. The maximum absolute atomic E-state index is 14.5. The van der Waals surface area contributed by atoms with Crippen molar-refractivity contribution < 1.29 is 9.18 Å². The zero-order valence-electron chi connectivity index (χ0n) is 17.1. The maximum Gasteiger partial charge on any atom is 0.214 e. The van der Waals surface area contributed by atoms with Gasteiger partial charge in [0.1, 0.15) is 12.0 Å². The average Bonchev–Trinajstić information content (AvgIpc) is 3.03. The highest BCUT2D eigenvalue weighted by molar-refractivity contribution is 7.96. The number of Topliss-reactive ketones (excluding diaryl/α,β-unsaturated/α-hetero) is 1. The SMILES string of the molecule is CSNC1C=C2CC(=CC1F)C=C(C(=O)c1cnn(-c3ccc(C)cc3C)c1N)N2. The summed E-state index contributed by atoms with van der Waals surface area (Å²) in [6.45, 7) is 4.00. The van der Waals surface area contributed by atoms with Gasteiger partial charge in [-0.1, -0.05) is 29.6 Å². The molecule has 2 unspecified atom stereocenters. The van der Waals surface area contributed by atoms with Crippen LogP contribution in [0, 0.1) is 13.8 Å². The first-order chi connectivity index (χ1) is 14.4. The van der Waals surface area contributed by atoms with E-state index in [9.17, 15) is 9.18 Å². The number of hydrogen-bond donors (Lipinski definition) is 3. The van der Waals surface area contributed by atoms with Crippen molar-refractivity contribution in [2.24, 2.45) is 0 Å². The lowest BCUT2D eigenvalue weighted by molar-refractivity contribution is 0.102. The molecule has 0 saturated heterocycles. The first-order valence-electron chi connectivity index (χ1n) is 9.66. The summed E-state index contributed by atoms with van der Waals surface area (Å²) in [5, 5.41) is 7.50. The van der Waals surface area contributed by atoms with E-state index in [0.717, 1.165) is 28.1 Å². The number of fused-ring (bicyclic) bond motifs is 2. The van der Waals surface area contributed by atoms with E-state index < -0.39 is 12.2 Å². The molecule has 30 heavy (non-hydrogen) atoms. The molecule has 2 aromatic rings. The zero-order valence-corrected chi connectivity index (χ0v) is 17.9. The number of nitrogens with zero attached hydrogens (tertiary/aromatic N) is 2. The van der Waals surface area contributed by atoms with E-state index in [1.807, 2.05) is 38.3 Å². The number of alkyl halides is 1. The number of rotatable bonds is 5. The minimum absolute atomic E-state index is 0.272. The topological polar surface area (TPSA) is 85.0 Å². The number of anilines is 1. The van der Waals surface area contributed by atoms with Crippen LogP contribution in [-0.2, 0) is 0 Å². The number of ketones is 1. The first kappa shape index (κ1) is 20.4. The smallest absolute Gasteiger partial charge is 0.214 e. The number of hydrogen-bond acceptors (Lipinski definition) is 6. The van der Waals surface area contributed by atoms with Crippen molar-refractivity contribution in [1.82, 2.24) is 19.8 Å². The number of carbonyl (C=O) groups excluding carboxylic acids is 1. The Balaban J connectivity index is 1.66. The number of nitrogen functional groups attached to an aromatic ring is 1. The number of nitrogens with one attached hydrogen (secondary N) is 2. The Labute approximate surface area is 179 Å². The van der Waals surface area contributed by atoms with Gasteiger partial charge in [0.25, 0.3) is 0 Å². The molecule has 0 radical (unpaired) electrons. The quantitative estimate of drug-likeness (QED) is 0.502. The largest absolute Gasteiger partial charge is 0.383 e. The second-order valence-electron chi connectivity index (χ2n) is 7.56. The van der Waals surface area contributed by atoms with E-state index in [2.05, 4.69) is 15.1 Å². The van der Waals surface area contributed by atoms with Crippen LogP contribution in [0.3, 0.4) is 0 Å². The average molecular weight is 426 g/mol. The molecule has 156 valence electrons. The summed E-state index contributed by atoms with van der Waals surface area (Å²) in [6.07, 6.45) is 7.78. The minimum Gasteiger partial charge on any atom is -0.383 e. The Hall–Kier alpha value is -2.84. The van der Waals surface area contributed by atoms with Crippen LogP contribution in [0.4, 0.5) is 10.2 Å². The molecule has 1 aliphatic carbocycles. The molecule has 1 aromatic carbocycles. The molecule has 0 fully saturated rings. The normalized spacial score (nSPS) is 20.6. The number of benzene rings is 1. The lowest BCUT2D eigenvalue weighted by Gasteiger charge is -2.19. The van der Waals surface area contributed by atoms with E-state index in [1.165, 1.54) is 18.1 Å². The summed E-state index contributed by atoms with van der Waals surface area (Å²) in [5.41, 5.74) is 11.5. The van der Waals surface area contributed by atoms with Gasteiger partial charge in [-0.05, 0) is 55.5 Å². The van der Waals surface area contributed by atoms with Crippen molar-refractivity contribution >= 4 is 23.5 Å². The molecule has 1 aliphatic heterocycles. The Bertz CT molecular complexity index is 1100. The maximum atomic E-state index is 14.5. The number of allylic oxidation sites excluding steroid dienone is 3. The van der Waals surface area contributed by atoms with E-state index in [1.54, 1.807) is 22.9 Å². The Morgan fingerprint density at radius 1 is 1.37 bits per heavy atom. The van der Waals surface area contributed by atoms with E-state index in [0.29, 0.717) is 17.7 Å². The highest BCUT2D eigenvalue weighted by Gasteiger charge is 2.28. The predicted octanol–water partition coefficient (Wildman–Crippen LogP) is 3.53. The van der Waals surface area contributed by atoms with Gasteiger partial charge in [0, 0.05) is 12.1 Å². The Morgan fingerprint density at radius 3 is 2.90 bits per heavy atom. The molecule has 4 N–H and O–H groups in total. The monoisotopic (exact) mass is 425 g/mol. The van der Waals surface area contributed by atoms with Crippen molar-refractivity contribution in [2.75, 3.05) is 12.0 Å². The van der Waals surface area contributed by atoms with Gasteiger partial charge in [-0.3, -0.25) is 9.52 Å². The Kier molecular flexibility index (Phi) is 5.53. The molecule has 6 nitrogen and oxygen atoms in total. The molecule has 4 rings (SSSR count). The van der Waals surface area contributed by atoms with Crippen molar-refractivity contribution in [3.8, 4) is 5.69 Å². The van der Waals surface area contributed by atoms with Gasteiger partial charge < -0.3 is 11.1 Å². The predicted molar refractivity (Wildman–Crippen MR) is 119 cm³/mol. The molecule has 8 heteroatoms. The molecule has 2 bridgehead atoms. The molecule has 2 aliphatic rings. The first-order valence-corrected chi connectivity index (χ1v) is 10.9. The van der Waals surface area contributed by atoms with E-state index in [4.69, 9.17) is 5.73 Å². The van der Waals surface area contributed by atoms with Crippen LogP contribution in [0.2, 0.25) is 0 Å². The van der Waals surface area contributed by atoms with Crippen LogP contribution in [0.1, 0.15) is 27.9 Å². The summed E-state index contributed by atoms with van der Waals surface area (Å²) >= 11 is 1.36. The number of aryl methyl sites for hydroxylation is 2. The van der Waals surface area contributed by atoms with Gasteiger partial charge in [0.05, 0.1) is 29.2 Å². The number of carbonyl (C=O) groups is 1.